The lowest BCUT2D eigenvalue weighted by Gasteiger charge is -2.09. The van der Waals surface area contributed by atoms with Crippen LogP contribution in [0.15, 0.2) is 103 Å². The van der Waals surface area contributed by atoms with Crippen molar-refractivity contribution in [3.8, 4) is 16.8 Å². The smallest absolute Gasteiger partial charge is 0.0560 e. The summed E-state index contributed by atoms with van der Waals surface area (Å²) in [4.78, 5) is 3.61. The van der Waals surface area contributed by atoms with Gasteiger partial charge < -0.3 is 9.55 Å². The van der Waals surface area contributed by atoms with Crippen molar-refractivity contribution in [2.24, 2.45) is 0 Å². The minimum Gasteiger partial charge on any atom is -0.354 e. The summed E-state index contributed by atoms with van der Waals surface area (Å²) in [5.74, 6) is 0. The number of H-pyrrole nitrogens is 1. The highest BCUT2D eigenvalue weighted by Gasteiger charge is 2.11. The van der Waals surface area contributed by atoms with E-state index >= 15 is 0 Å². The Bertz CT molecular complexity index is 1450. The number of hydrogen-bond donors (Lipinski definition) is 1. The molecule has 0 unspecified atom stereocenters. The fourth-order valence-electron chi connectivity index (χ4n) is 4.23. The average Bonchev–Trinajstić information content (AvgIpc) is 3.36. The number of benzene rings is 4. The SMILES string of the molecule is c1ccc(-c2cccc(-n3ccc4c5[nH]c6ccccc6c5ccc43)c2)cc1. The van der Waals surface area contributed by atoms with Gasteiger partial charge >= 0.3 is 0 Å². The van der Waals surface area contributed by atoms with Crippen LogP contribution in [0.5, 0.6) is 0 Å². The average molecular weight is 358 g/mol. The molecule has 0 spiro atoms. The van der Waals surface area contributed by atoms with Gasteiger partial charge in [0.25, 0.3) is 0 Å². The molecule has 28 heavy (non-hydrogen) atoms. The summed E-state index contributed by atoms with van der Waals surface area (Å²) in [6.45, 7) is 0. The molecule has 0 bridgehead atoms. The van der Waals surface area contributed by atoms with E-state index in [-0.39, 0.29) is 0 Å². The third-order valence-corrected chi connectivity index (χ3v) is 5.58. The number of fused-ring (bicyclic) bond motifs is 5. The van der Waals surface area contributed by atoms with Crippen LogP contribution in [0.4, 0.5) is 0 Å². The molecule has 0 aliphatic heterocycles. The number of para-hydroxylation sites is 1. The number of nitrogens with one attached hydrogen (secondary N) is 1. The number of nitrogens with zero attached hydrogens (tertiary/aromatic N) is 1. The van der Waals surface area contributed by atoms with Gasteiger partial charge in [-0.3, -0.25) is 0 Å². The van der Waals surface area contributed by atoms with Crippen molar-refractivity contribution in [3.63, 3.8) is 0 Å². The van der Waals surface area contributed by atoms with E-state index < -0.39 is 0 Å². The third kappa shape index (κ3) is 2.21. The molecule has 6 aromatic rings. The molecular weight excluding hydrogens is 340 g/mol. The second-order valence-electron chi connectivity index (χ2n) is 7.19. The van der Waals surface area contributed by atoms with Crippen molar-refractivity contribution < 1.29 is 0 Å². The molecule has 0 amide bonds. The zero-order chi connectivity index (χ0) is 18.5. The zero-order valence-corrected chi connectivity index (χ0v) is 15.3. The van der Waals surface area contributed by atoms with E-state index in [1.165, 1.54) is 49.5 Å². The molecule has 2 aromatic heterocycles. The topological polar surface area (TPSA) is 20.7 Å². The Morgan fingerprint density at radius 2 is 1.39 bits per heavy atom. The van der Waals surface area contributed by atoms with Crippen molar-refractivity contribution in [3.05, 3.63) is 103 Å². The van der Waals surface area contributed by atoms with Crippen LogP contribution in [-0.4, -0.2) is 9.55 Å². The van der Waals surface area contributed by atoms with Crippen molar-refractivity contribution >= 4 is 32.7 Å². The van der Waals surface area contributed by atoms with Gasteiger partial charge in [0.1, 0.15) is 0 Å². The largest absolute Gasteiger partial charge is 0.354 e. The minimum absolute atomic E-state index is 1.17. The first kappa shape index (κ1) is 15.3. The molecule has 0 saturated heterocycles. The Balaban J connectivity index is 1.57. The first-order valence-corrected chi connectivity index (χ1v) is 9.55. The molecule has 0 aliphatic rings. The number of rotatable bonds is 2. The van der Waals surface area contributed by atoms with E-state index in [0.29, 0.717) is 0 Å². The predicted molar refractivity (Wildman–Crippen MR) is 118 cm³/mol. The lowest BCUT2D eigenvalue weighted by Crippen LogP contribution is -1.92. The molecule has 6 rings (SSSR count). The molecule has 2 heteroatoms. The quantitative estimate of drug-likeness (QED) is 0.346. The summed E-state index contributed by atoms with van der Waals surface area (Å²) >= 11 is 0. The highest BCUT2D eigenvalue weighted by atomic mass is 15.0. The fourth-order valence-corrected chi connectivity index (χ4v) is 4.23. The summed E-state index contributed by atoms with van der Waals surface area (Å²) in [5.41, 5.74) is 7.24. The standard InChI is InChI=1S/C26H18N2/c1-2-7-18(8-3-1)19-9-6-10-20(17-19)28-16-15-23-25(28)14-13-22-21-11-4-5-12-24(21)27-26(22)23/h1-17,27H. The van der Waals surface area contributed by atoms with E-state index in [1.54, 1.807) is 0 Å². The second kappa shape index (κ2) is 5.86. The monoisotopic (exact) mass is 358 g/mol. The summed E-state index contributed by atoms with van der Waals surface area (Å²) in [6, 6.07) is 34.4. The van der Waals surface area contributed by atoms with Gasteiger partial charge in [0.05, 0.1) is 11.0 Å². The van der Waals surface area contributed by atoms with Gasteiger partial charge in [-0.05, 0) is 41.5 Å². The van der Waals surface area contributed by atoms with Gasteiger partial charge in [-0.2, -0.15) is 0 Å². The maximum atomic E-state index is 3.61. The van der Waals surface area contributed by atoms with Gasteiger partial charge in [-0.15, -0.1) is 0 Å². The second-order valence-corrected chi connectivity index (χ2v) is 7.19. The molecular formula is C26H18N2. The van der Waals surface area contributed by atoms with Crippen LogP contribution in [0.3, 0.4) is 0 Å². The maximum absolute atomic E-state index is 3.61. The molecule has 2 heterocycles. The third-order valence-electron chi connectivity index (χ3n) is 5.58. The maximum Gasteiger partial charge on any atom is 0.0560 e. The van der Waals surface area contributed by atoms with Crippen molar-refractivity contribution in [2.75, 3.05) is 0 Å². The van der Waals surface area contributed by atoms with Gasteiger partial charge in [0.15, 0.2) is 0 Å². The molecule has 2 nitrogen and oxygen atoms in total. The minimum atomic E-state index is 1.17. The van der Waals surface area contributed by atoms with E-state index in [0.717, 1.165) is 0 Å². The highest BCUT2D eigenvalue weighted by Crippen LogP contribution is 2.33. The fraction of sp³-hybridized carbons (Fsp3) is 0. The Morgan fingerprint density at radius 1 is 0.571 bits per heavy atom. The van der Waals surface area contributed by atoms with Crippen LogP contribution in [-0.2, 0) is 0 Å². The molecule has 0 atom stereocenters. The molecule has 0 fully saturated rings. The summed E-state index contributed by atoms with van der Waals surface area (Å²) in [7, 11) is 0. The first-order valence-electron chi connectivity index (χ1n) is 9.55. The summed E-state index contributed by atoms with van der Waals surface area (Å²) in [5, 5.41) is 3.80. The Kier molecular flexibility index (Phi) is 3.20. The van der Waals surface area contributed by atoms with Gasteiger partial charge in [-0.1, -0.05) is 66.7 Å². The molecule has 0 saturated carbocycles. The Hall–Kier alpha value is -3.78. The van der Waals surface area contributed by atoms with E-state index in [4.69, 9.17) is 0 Å². The van der Waals surface area contributed by atoms with Crippen LogP contribution >= 0.6 is 0 Å². The van der Waals surface area contributed by atoms with Crippen LogP contribution in [0.2, 0.25) is 0 Å². The van der Waals surface area contributed by atoms with Crippen LogP contribution < -0.4 is 0 Å². The number of hydrogen-bond acceptors (Lipinski definition) is 0. The van der Waals surface area contributed by atoms with E-state index in [9.17, 15) is 0 Å². The molecule has 4 aromatic carbocycles. The molecule has 0 radical (unpaired) electrons. The van der Waals surface area contributed by atoms with Gasteiger partial charge in [-0.25, -0.2) is 0 Å². The van der Waals surface area contributed by atoms with E-state index in [2.05, 4.69) is 113 Å². The molecule has 1 N–H and O–H groups in total. The summed E-state index contributed by atoms with van der Waals surface area (Å²) in [6.07, 6.45) is 2.17. The van der Waals surface area contributed by atoms with Crippen molar-refractivity contribution in [2.45, 2.75) is 0 Å². The summed E-state index contributed by atoms with van der Waals surface area (Å²) < 4.78 is 2.27. The lowest BCUT2D eigenvalue weighted by atomic mass is 10.1. The van der Waals surface area contributed by atoms with Crippen LogP contribution in [0.1, 0.15) is 0 Å². The highest BCUT2D eigenvalue weighted by molar-refractivity contribution is 6.16. The van der Waals surface area contributed by atoms with Gasteiger partial charge in [0, 0.05) is 33.6 Å². The van der Waals surface area contributed by atoms with Gasteiger partial charge in [0.2, 0.25) is 0 Å². The van der Waals surface area contributed by atoms with E-state index in [1.807, 2.05) is 0 Å². The number of aromatic nitrogens is 2. The Morgan fingerprint density at radius 3 is 2.32 bits per heavy atom. The predicted octanol–water partition coefficient (Wildman–Crippen LogP) is 6.93. The number of aromatic amines is 1. The molecule has 132 valence electrons. The lowest BCUT2D eigenvalue weighted by molar-refractivity contribution is 1.13. The van der Waals surface area contributed by atoms with Crippen molar-refractivity contribution in [1.82, 2.24) is 9.55 Å². The zero-order valence-electron chi connectivity index (χ0n) is 15.3. The Labute approximate surface area is 162 Å². The van der Waals surface area contributed by atoms with Crippen LogP contribution in [0, 0.1) is 0 Å². The normalized spacial score (nSPS) is 11.6. The molecule has 0 aliphatic carbocycles. The van der Waals surface area contributed by atoms with Crippen LogP contribution in [0.25, 0.3) is 49.5 Å². The first-order chi connectivity index (χ1) is 13.9. The van der Waals surface area contributed by atoms with Crippen molar-refractivity contribution in [1.29, 1.82) is 0 Å².